The zero-order valence-electron chi connectivity index (χ0n) is 8.51. The van der Waals surface area contributed by atoms with Gasteiger partial charge in [-0.3, -0.25) is 4.79 Å². The zero-order valence-corrected chi connectivity index (χ0v) is 8.51. The van der Waals surface area contributed by atoms with Crippen LogP contribution < -0.4 is 11.1 Å². The lowest BCUT2D eigenvalue weighted by molar-refractivity contribution is -0.145. The van der Waals surface area contributed by atoms with Gasteiger partial charge in [-0.2, -0.15) is 0 Å². The predicted molar refractivity (Wildman–Crippen MR) is 52.4 cm³/mol. The number of carbonyl (C=O) groups excluding carboxylic acids is 1. The van der Waals surface area contributed by atoms with Gasteiger partial charge >= 0.3 is 5.97 Å². The number of hydrogen-bond donors (Lipinski definition) is 2. The Hall–Kier alpha value is -0.610. The summed E-state index contributed by atoms with van der Waals surface area (Å²) in [7, 11) is 0. The molecule has 0 rings (SSSR count). The van der Waals surface area contributed by atoms with Crippen LogP contribution in [0.4, 0.5) is 0 Å². The summed E-state index contributed by atoms with van der Waals surface area (Å²) in [5.74, 6) is -0.165. The Labute approximate surface area is 79.8 Å². The van der Waals surface area contributed by atoms with E-state index < -0.39 is 0 Å². The molecule has 0 aliphatic heterocycles. The summed E-state index contributed by atoms with van der Waals surface area (Å²) in [5, 5.41) is 3.10. The highest BCUT2D eigenvalue weighted by molar-refractivity contribution is 5.75. The lowest BCUT2D eigenvalue weighted by Gasteiger charge is -2.14. The molecule has 0 saturated heterocycles. The largest absolute Gasteiger partial charge is 0.465 e. The van der Waals surface area contributed by atoms with Crippen LogP contribution in [0.5, 0.6) is 0 Å². The van der Waals surface area contributed by atoms with Gasteiger partial charge in [0.05, 0.1) is 6.61 Å². The summed E-state index contributed by atoms with van der Waals surface area (Å²) in [6.07, 6.45) is 1.64. The van der Waals surface area contributed by atoms with Crippen LogP contribution in [0.1, 0.15) is 26.7 Å². The lowest BCUT2D eigenvalue weighted by atomic mass is 10.2. The molecule has 0 fully saturated rings. The maximum Gasteiger partial charge on any atom is 0.323 e. The van der Waals surface area contributed by atoms with Crippen LogP contribution in [0.25, 0.3) is 0 Å². The van der Waals surface area contributed by atoms with Crippen LogP contribution in [0.3, 0.4) is 0 Å². The molecule has 0 spiro atoms. The van der Waals surface area contributed by atoms with E-state index in [0.717, 1.165) is 19.4 Å². The molecule has 0 bridgehead atoms. The van der Waals surface area contributed by atoms with Crippen LogP contribution in [0.15, 0.2) is 0 Å². The van der Waals surface area contributed by atoms with Crippen LogP contribution in [0, 0.1) is 0 Å². The highest BCUT2D eigenvalue weighted by Gasteiger charge is 2.15. The van der Waals surface area contributed by atoms with E-state index in [1.54, 1.807) is 0 Å². The van der Waals surface area contributed by atoms with E-state index in [0.29, 0.717) is 13.2 Å². The molecule has 4 nitrogen and oxygen atoms in total. The molecule has 0 saturated carbocycles. The molecule has 0 heterocycles. The first kappa shape index (κ1) is 12.4. The Morgan fingerprint density at radius 2 is 2.23 bits per heavy atom. The first-order chi connectivity index (χ1) is 6.26. The van der Waals surface area contributed by atoms with Crippen LogP contribution >= 0.6 is 0 Å². The zero-order chi connectivity index (χ0) is 10.1. The molecule has 3 N–H and O–H groups in total. The van der Waals surface area contributed by atoms with Crippen molar-refractivity contribution in [3.05, 3.63) is 0 Å². The first-order valence-electron chi connectivity index (χ1n) is 4.86. The molecule has 0 aliphatic rings. The molecule has 13 heavy (non-hydrogen) atoms. The molecule has 0 aliphatic carbocycles. The van der Waals surface area contributed by atoms with Crippen molar-refractivity contribution in [1.82, 2.24) is 5.32 Å². The molecule has 1 unspecified atom stereocenters. The number of esters is 1. The van der Waals surface area contributed by atoms with Gasteiger partial charge in [-0.15, -0.1) is 0 Å². The van der Waals surface area contributed by atoms with Gasteiger partial charge in [0, 0.05) is 0 Å². The number of hydrogen-bond acceptors (Lipinski definition) is 4. The topological polar surface area (TPSA) is 64.3 Å². The minimum Gasteiger partial charge on any atom is -0.465 e. The van der Waals surface area contributed by atoms with Crippen molar-refractivity contribution in [2.24, 2.45) is 5.73 Å². The Morgan fingerprint density at radius 3 is 2.69 bits per heavy atom. The van der Waals surface area contributed by atoms with Crippen molar-refractivity contribution < 1.29 is 9.53 Å². The normalized spacial score (nSPS) is 12.5. The Morgan fingerprint density at radius 1 is 1.54 bits per heavy atom. The average molecular weight is 188 g/mol. The quantitative estimate of drug-likeness (QED) is 0.444. The van der Waals surface area contributed by atoms with E-state index in [1.165, 1.54) is 0 Å². The minimum absolute atomic E-state index is 0.165. The highest BCUT2D eigenvalue weighted by atomic mass is 16.5. The summed E-state index contributed by atoms with van der Waals surface area (Å²) < 4.78 is 4.89. The molecule has 0 radical (unpaired) electrons. The second kappa shape index (κ2) is 8.01. The Balaban J connectivity index is 3.67. The van der Waals surface area contributed by atoms with E-state index in [2.05, 4.69) is 5.32 Å². The molecular weight excluding hydrogens is 168 g/mol. The van der Waals surface area contributed by atoms with Gasteiger partial charge in [0.25, 0.3) is 0 Å². The number of nitrogens with one attached hydrogen (secondary N) is 1. The first-order valence-corrected chi connectivity index (χ1v) is 4.86. The smallest absolute Gasteiger partial charge is 0.323 e. The number of rotatable bonds is 7. The minimum atomic E-state index is -0.175. The fourth-order valence-electron chi connectivity index (χ4n) is 1.02. The van der Waals surface area contributed by atoms with E-state index in [9.17, 15) is 4.79 Å². The molecule has 78 valence electrons. The molecule has 0 amide bonds. The fraction of sp³-hybridized carbons (Fsp3) is 0.889. The third-order valence-corrected chi connectivity index (χ3v) is 1.75. The van der Waals surface area contributed by atoms with Crippen molar-refractivity contribution in [2.45, 2.75) is 32.7 Å². The summed E-state index contributed by atoms with van der Waals surface area (Å²) in [6, 6.07) is -0.175. The van der Waals surface area contributed by atoms with Gasteiger partial charge in [0.15, 0.2) is 0 Å². The third kappa shape index (κ3) is 5.60. The van der Waals surface area contributed by atoms with E-state index in [4.69, 9.17) is 10.5 Å². The molecule has 4 heteroatoms. The van der Waals surface area contributed by atoms with Gasteiger partial charge in [0.1, 0.15) is 6.04 Å². The summed E-state index contributed by atoms with van der Waals surface area (Å²) in [6.45, 7) is 5.62. The van der Waals surface area contributed by atoms with Crippen molar-refractivity contribution >= 4 is 5.97 Å². The average Bonchev–Trinajstić information content (AvgIpc) is 2.13. The predicted octanol–water partition coefficient (Wildman–Crippen LogP) is 0.267. The molecular formula is C9H20N2O2. The second-order valence-electron chi connectivity index (χ2n) is 2.81. The van der Waals surface area contributed by atoms with E-state index in [-0.39, 0.29) is 12.0 Å². The molecule has 1 atom stereocenters. The van der Waals surface area contributed by atoms with Crippen molar-refractivity contribution in [3.63, 3.8) is 0 Å². The van der Waals surface area contributed by atoms with Crippen molar-refractivity contribution in [3.8, 4) is 0 Å². The van der Waals surface area contributed by atoms with Crippen molar-refractivity contribution in [1.29, 1.82) is 0 Å². The maximum absolute atomic E-state index is 11.3. The van der Waals surface area contributed by atoms with Crippen LogP contribution in [-0.4, -0.2) is 31.7 Å². The molecule has 0 aromatic carbocycles. The molecule has 0 aromatic rings. The molecule has 0 aromatic heterocycles. The standard InChI is InChI=1S/C9H20N2O2/c1-3-8(9(12)13-4-2)11-7-5-6-10/h8,11H,3-7,10H2,1-2H3. The summed E-state index contributed by atoms with van der Waals surface area (Å²) >= 11 is 0. The summed E-state index contributed by atoms with van der Waals surface area (Å²) in [5.41, 5.74) is 5.33. The van der Waals surface area contributed by atoms with Gasteiger partial charge in [-0.25, -0.2) is 0 Å². The van der Waals surface area contributed by atoms with Gasteiger partial charge < -0.3 is 15.8 Å². The van der Waals surface area contributed by atoms with Gasteiger partial charge in [-0.05, 0) is 32.9 Å². The number of ether oxygens (including phenoxy) is 1. The Bertz CT molecular complexity index is 140. The van der Waals surface area contributed by atoms with E-state index in [1.807, 2.05) is 13.8 Å². The summed E-state index contributed by atoms with van der Waals surface area (Å²) in [4.78, 5) is 11.3. The number of nitrogens with two attached hydrogens (primary N) is 1. The monoisotopic (exact) mass is 188 g/mol. The SMILES string of the molecule is CCOC(=O)C(CC)NCCCN. The van der Waals surface area contributed by atoms with Crippen LogP contribution in [-0.2, 0) is 9.53 Å². The third-order valence-electron chi connectivity index (χ3n) is 1.75. The Kier molecular flexibility index (Phi) is 7.63. The van der Waals surface area contributed by atoms with Gasteiger partial charge in [0.2, 0.25) is 0 Å². The lowest BCUT2D eigenvalue weighted by Crippen LogP contribution is -2.38. The van der Waals surface area contributed by atoms with Crippen LogP contribution in [0.2, 0.25) is 0 Å². The van der Waals surface area contributed by atoms with Crippen molar-refractivity contribution in [2.75, 3.05) is 19.7 Å². The fourth-order valence-corrected chi connectivity index (χ4v) is 1.02. The highest BCUT2D eigenvalue weighted by Crippen LogP contribution is 1.94. The maximum atomic E-state index is 11.3. The second-order valence-corrected chi connectivity index (χ2v) is 2.81. The van der Waals surface area contributed by atoms with E-state index >= 15 is 0 Å². The number of carbonyl (C=O) groups is 1. The van der Waals surface area contributed by atoms with Gasteiger partial charge in [-0.1, -0.05) is 6.92 Å².